The Morgan fingerprint density at radius 3 is 2.67 bits per heavy atom. The number of aromatic nitrogens is 4. The maximum absolute atomic E-state index is 14.0. The number of benzene rings is 2. The number of nitrogens with zero attached hydrogens (tertiary/aromatic N) is 4. The van der Waals surface area contributed by atoms with Crippen molar-refractivity contribution in [2.45, 2.75) is 13.0 Å². The Labute approximate surface area is 136 Å². The lowest BCUT2D eigenvalue weighted by molar-refractivity contribution is -0.124. The van der Waals surface area contributed by atoms with Crippen molar-refractivity contribution in [1.29, 1.82) is 0 Å². The van der Waals surface area contributed by atoms with Gasteiger partial charge in [0.15, 0.2) is 11.9 Å². The van der Waals surface area contributed by atoms with Crippen LogP contribution in [-0.2, 0) is 4.79 Å². The SMILES string of the molecule is Cc1nnnn1-c1cc(NC(=O)C(O)c2ccccc2)ccc1F. The Morgan fingerprint density at radius 2 is 2.00 bits per heavy atom. The zero-order valence-corrected chi connectivity index (χ0v) is 12.7. The minimum absolute atomic E-state index is 0.101. The van der Waals surface area contributed by atoms with Crippen molar-refractivity contribution in [3.8, 4) is 5.69 Å². The van der Waals surface area contributed by atoms with E-state index in [-0.39, 0.29) is 5.69 Å². The van der Waals surface area contributed by atoms with E-state index in [9.17, 15) is 14.3 Å². The first kappa shape index (κ1) is 15.8. The minimum atomic E-state index is -1.32. The number of anilines is 1. The summed E-state index contributed by atoms with van der Waals surface area (Å²) in [6.45, 7) is 1.63. The number of hydrogen-bond acceptors (Lipinski definition) is 5. The van der Waals surface area contributed by atoms with Crippen LogP contribution in [0.5, 0.6) is 0 Å². The molecule has 0 radical (unpaired) electrons. The van der Waals surface area contributed by atoms with E-state index in [0.717, 1.165) is 0 Å². The molecule has 7 nitrogen and oxygen atoms in total. The maximum Gasteiger partial charge on any atom is 0.257 e. The normalized spacial score (nSPS) is 12.0. The molecule has 1 unspecified atom stereocenters. The van der Waals surface area contributed by atoms with E-state index in [4.69, 9.17) is 0 Å². The van der Waals surface area contributed by atoms with Crippen molar-refractivity contribution in [1.82, 2.24) is 20.2 Å². The van der Waals surface area contributed by atoms with E-state index in [1.165, 1.54) is 22.9 Å². The number of hydrogen-bond donors (Lipinski definition) is 2. The molecule has 1 amide bonds. The van der Waals surface area contributed by atoms with E-state index < -0.39 is 17.8 Å². The van der Waals surface area contributed by atoms with Crippen molar-refractivity contribution in [2.24, 2.45) is 0 Å². The predicted octanol–water partition coefficient (Wildman–Crippen LogP) is 1.78. The molecule has 0 fully saturated rings. The summed E-state index contributed by atoms with van der Waals surface area (Å²) < 4.78 is 15.2. The van der Waals surface area contributed by atoms with Crippen molar-refractivity contribution in [3.05, 3.63) is 65.7 Å². The molecule has 0 saturated carbocycles. The highest BCUT2D eigenvalue weighted by molar-refractivity contribution is 5.94. The molecule has 0 aliphatic heterocycles. The number of nitrogens with one attached hydrogen (secondary N) is 1. The van der Waals surface area contributed by atoms with Crippen LogP contribution in [0, 0.1) is 12.7 Å². The van der Waals surface area contributed by atoms with Crippen LogP contribution in [0.3, 0.4) is 0 Å². The van der Waals surface area contributed by atoms with Crippen LogP contribution >= 0.6 is 0 Å². The molecule has 0 aliphatic carbocycles. The number of carbonyl (C=O) groups excluding carboxylic acids is 1. The van der Waals surface area contributed by atoms with Crippen molar-refractivity contribution in [2.75, 3.05) is 5.32 Å². The van der Waals surface area contributed by atoms with E-state index >= 15 is 0 Å². The van der Waals surface area contributed by atoms with Crippen LogP contribution < -0.4 is 5.32 Å². The second-order valence-corrected chi connectivity index (χ2v) is 5.11. The second kappa shape index (κ2) is 6.55. The molecule has 24 heavy (non-hydrogen) atoms. The molecule has 1 aromatic heterocycles. The number of aliphatic hydroxyl groups excluding tert-OH is 1. The second-order valence-electron chi connectivity index (χ2n) is 5.11. The van der Waals surface area contributed by atoms with Gasteiger partial charge in [0.25, 0.3) is 5.91 Å². The van der Waals surface area contributed by atoms with Crippen LogP contribution in [0.15, 0.2) is 48.5 Å². The predicted molar refractivity (Wildman–Crippen MR) is 83.9 cm³/mol. The van der Waals surface area contributed by atoms with Crippen LogP contribution in [-0.4, -0.2) is 31.2 Å². The molecule has 1 atom stereocenters. The molecule has 0 saturated heterocycles. The average molecular weight is 327 g/mol. The van der Waals surface area contributed by atoms with Gasteiger partial charge in [-0.3, -0.25) is 4.79 Å². The first-order chi connectivity index (χ1) is 11.6. The molecule has 3 aromatic rings. The van der Waals surface area contributed by atoms with Gasteiger partial charge in [-0.1, -0.05) is 30.3 Å². The molecule has 2 N–H and O–H groups in total. The topological polar surface area (TPSA) is 92.9 Å². The van der Waals surface area contributed by atoms with Gasteiger partial charge < -0.3 is 10.4 Å². The third-order valence-electron chi connectivity index (χ3n) is 3.43. The highest BCUT2D eigenvalue weighted by Crippen LogP contribution is 2.21. The first-order valence-corrected chi connectivity index (χ1v) is 7.15. The molecule has 0 bridgehead atoms. The standard InChI is InChI=1S/C16H14FN5O2/c1-10-19-20-21-22(10)14-9-12(7-8-13(14)17)18-16(24)15(23)11-5-3-2-4-6-11/h2-9,15,23H,1H3,(H,18,24). The zero-order chi connectivity index (χ0) is 17.1. The molecular weight excluding hydrogens is 313 g/mol. The fraction of sp³-hybridized carbons (Fsp3) is 0.125. The largest absolute Gasteiger partial charge is 0.378 e. The van der Waals surface area contributed by atoms with Gasteiger partial charge in [-0.2, -0.15) is 4.68 Å². The average Bonchev–Trinajstić information content (AvgIpc) is 3.02. The minimum Gasteiger partial charge on any atom is -0.378 e. The summed E-state index contributed by atoms with van der Waals surface area (Å²) in [5.74, 6) is -0.749. The number of rotatable bonds is 4. The molecule has 122 valence electrons. The van der Waals surface area contributed by atoms with Crippen molar-refractivity contribution >= 4 is 11.6 Å². The van der Waals surface area contributed by atoms with Crippen LogP contribution in [0.2, 0.25) is 0 Å². The van der Waals surface area contributed by atoms with E-state index in [2.05, 4.69) is 20.8 Å². The quantitative estimate of drug-likeness (QED) is 0.762. The lowest BCUT2D eigenvalue weighted by Crippen LogP contribution is -2.21. The smallest absolute Gasteiger partial charge is 0.257 e. The number of amides is 1. The Hall–Kier alpha value is -3.13. The van der Waals surface area contributed by atoms with Gasteiger partial charge in [0, 0.05) is 5.69 Å². The van der Waals surface area contributed by atoms with E-state index in [1.54, 1.807) is 37.3 Å². The highest BCUT2D eigenvalue weighted by atomic mass is 19.1. The highest BCUT2D eigenvalue weighted by Gasteiger charge is 2.18. The zero-order valence-electron chi connectivity index (χ0n) is 12.7. The van der Waals surface area contributed by atoms with Crippen LogP contribution in [0.25, 0.3) is 5.69 Å². The number of aryl methyl sites for hydroxylation is 1. The van der Waals surface area contributed by atoms with Crippen LogP contribution in [0.4, 0.5) is 10.1 Å². The first-order valence-electron chi connectivity index (χ1n) is 7.15. The summed E-state index contributed by atoms with van der Waals surface area (Å²) >= 11 is 0. The van der Waals surface area contributed by atoms with Gasteiger partial charge in [0.05, 0.1) is 0 Å². The fourth-order valence-electron chi connectivity index (χ4n) is 2.20. The number of aliphatic hydroxyl groups is 1. The van der Waals surface area contributed by atoms with Gasteiger partial charge in [0.1, 0.15) is 11.5 Å². The van der Waals surface area contributed by atoms with Crippen LogP contribution in [0.1, 0.15) is 17.5 Å². The summed E-state index contributed by atoms with van der Waals surface area (Å²) in [5, 5.41) is 23.5. The van der Waals surface area contributed by atoms with Gasteiger partial charge in [-0.15, -0.1) is 5.10 Å². The lowest BCUT2D eigenvalue weighted by Gasteiger charge is -2.13. The molecule has 2 aromatic carbocycles. The molecular formula is C16H14FN5O2. The Morgan fingerprint density at radius 1 is 1.25 bits per heavy atom. The number of tetrazole rings is 1. The van der Waals surface area contributed by atoms with Gasteiger partial charge in [-0.05, 0) is 41.1 Å². The fourth-order valence-corrected chi connectivity index (χ4v) is 2.20. The Balaban J connectivity index is 1.83. The third-order valence-corrected chi connectivity index (χ3v) is 3.43. The summed E-state index contributed by atoms with van der Waals surface area (Å²) in [4.78, 5) is 12.2. The molecule has 3 rings (SSSR count). The van der Waals surface area contributed by atoms with Crippen molar-refractivity contribution < 1.29 is 14.3 Å². The monoisotopic (exact) mass is 327 g/mol. The van der Waals surface area contributed by atoms with Gasteiger partial charge in [0.2, 0.25) is 0 Å². The maximum atomic E-state index is 14.0. The third kappa shape index (κ3) is 3.13. The van der Waals surface area contributed by atoms with Crippen molar-refractivity contribution in [3.63, 3.8) is 0 Å². The summed E-state index contributed by atoms with van der Waals surface area (Å²) in [5.41, 5.74) is 0.888. The molecule has 1 heterocycles. The van der Waals surface area contributed by atoms with E-state index in [0.29, 0.717) is 17.1 Å². The van der Waals surface area contributed by atoms with E-state index in [1.807, 2.05) is 0 Å². The number of carbonyl (C=O) groups is 1. The Bertz CT molecular complexity index is 866. The summed E-state index contributed by atoms with van der Waals surface area (Å²) in [6.07, 6.45) is -1.32. The number of halogens is 1. The summed E-state index contributed by atoms with van der Waals surface area (Å²) in [6, 6.07) is 12.5. The molecule has 0 aliphatic rings. The molecule has 0 spiro atoms. The Kier molecular flexibility index (Phi) is 4.30. The molecule has 8 heteroatoms. The van der Waals surface area contributed by atoms with Gasteiger partial charge >= 0.3 is 0 Å². The van der Waals surface area contributed by atoms with Gasteiger partial charge in [-0.25, -0.2) is 4.39 Å². The lowest BCUT2D eigenvalue weighted by atomic mass is 10.1. The summed E-state index contributed by atoms with van der Waals surface area (Å²) in [7, 11) is 0.